The minimum atomic E-state index is 0.314. The molecule has 3 rings (SSSR count). The summed E-state index contributed by atoms with van der Waals surface area (Å²) in [4.78, 5) is 1.15. The van der Waals surface area contributed by atoms with Crippen LogP contribution >= 0.6 is 34.7 Å². The Kier molecular flexibility index (Phi) is 4.86. The lowest BCUT2D eigenvalue weighted by Crippen LogP contribution is -2.04. The van der Waals surface area contributed by atoms with Gasteiger partial charge in [0.25, 0.3) is 0 Å². The second-order valence-electron chi connectivity index (χ2n) is 5.17. The standard InChI is InChI=1S/C16H16ClN3S2/c1-11(2)20-15(14-7-4-8-21-14)18-19-16(20)22-10-12-5-3-6-13(17)9-12/h3-9,11H,10H2,1-2H3. The molecule has 6 heteroatoms. The van der Waals surface area contributed by atoms with Crippen molar-refractivity contribution in [2.24, 2.45) is 0 Å². The first-order valence-electron chi connectivity index (χ1n) is 7.01. The molecule has 0 spiro atoms. The van der Waals surface area contributed by atoms with Gasteiger partial charge < -0.3 is 0 Å². The van der Waals surface area contributed by atoms with E-state index in [1.807, 2.05) is 24.3 Å². The maximum Gasteiger partial charge on any atom is 0.192 e. The maximum absolute atomic E-state index is 6.04. The number of hydrogen-bond donors (Lipinski definition) is 0. The zero-order valence-corrected chi connectivity index (χ0v) is 14.8. The molecule has 0 saturated carbocycles. The second kappa shape index (κ2) is 6.86. The Balaban J connectivity index is 1.85. The third-order valence-electron chi connectivity index (χ3n) is 3.18. The van der Waals surface area contributed by atoms with Crippen LogP contribution in [0.5, 0.6) is 0 Å². The first kappa shape index (κ1) is 15.6. The number of hydrogen-bond acceptors (Lipinski definition) is 4. The molecule has 0 aliphatic heterocycles. The highest BCUT2D eigenvalue weighted by Gasteiger charge is 2.17. The van der Waals surface area contributed by atoms with E-state index < -0.39 is 0 Å². The van der Waals surface area contributed by atoms with Crippen molar-refractivity contribution in [2.75, 3.05) is 0 Å². The van der Waals surface area contributed by atoms with Gasteiger partial charge in [0.1, 0.15) is 0 Å². The van der Waals surface area contributed by atoms with Gasteiger partial charge in [-0.2, -0.15) is 0 Å². The van der Waals surface area contributed by atoms with E-state index in [2.05, 4.69) is 46.1 Å². The average molecular weight is 350 g/mol. The number of aromatic nitrogens is 3. The highest BCUT2D eigenvalue weighted by molar-refractivity contribution is 7.98. The van der Waals surface area contributed by atoms with Crippen LogP contribution in [0.2, 0.25) is 5.02 Å². The van der Waals surface area contributed by atoms with Crippen molar-refractivity contribution in [3.63, 3.8) is 0 Å². The molecule has 1 aromatic carbocycles. The van der Waals surface area contributed by atoms with Gasteiger partial charge in [0, 0.05) is 16.8 Å². The number of rotatable bonds is 5. The molecule has 114 valence electrons. The van der Waals surface area contributed by atoms with Gasteiger partial charge in [0.2, 0.25) is 0 Å². The van der Waals surface area contributed by atoms with E-state index in [1.165, 1.54) is 5.56 Å². The third-order valence-corrected chi connectivity index (χ3v) is 5.29. The van der Waals surface area contributed by atoms with E-state index >= 15 is 0 Å². The Morgan fingerprint density at radius 2 is 2.09 bits per heavy atom. The summed E-state index contributed by atoms with van der Waals surface area (Å²) >= 11 is 9.42. The molecule has 3 nitrogen and oxygen atoms in total. The summed E-state index contributed by atoms with van der Waals surface area (Å²) in [5.41, 5.74) is 1.19. The second-order valence-corrected chi connectivity index (χ2v) is 7.49. The van der Waals surface area contributed by atoms with Crippen molar-refractivity contribution in [1.29, 1.82) is 0 Å². The van der Waals surface area contributed by atoms with Crippen LogP contribution < -0.4 is 0 Å². The van der Waals surface area contributed by atoms with Crippen LogP contribution in [0.25, 0.3) is 10.7 Å². The van der Waals surface area contributed by atoms with Gasteiger partial charge in [-0.15, -0.1) is 21.5 Å². The van der Waals surface area contributed by atoms with E-state index in [0.717, 1.165) is 26.6 Å². The number of halogens is 1. The lowest BCUT2D eigenvalue weighted by molar-refractivity contribution is 0.555. The third kappa shape index (κ3) is 3.37. The summed E-state index contributed by atoms with van der Waals surface area (Å²) in [5.74, 6) is 1.77. The van der Waals surface area contributed by atoms with E-state index in [4.69, 9.17) is 11.6 Å². The monoisotopic (exact) mass is 349 g/mol. The van der Waals surface area contributed by atoms with Gasteiger partial charge in [-0.05, 0) is 43.0 Å². The minimum absolute atomic E-state index is 0.314. The summed E-state index contributed by atoms with van der Waals surface area (Å²) in [6.07, 6.45) is 0. The molecule has 0 saturated heterocycles. The lowest BCUT2D eigenvalue weighted by atomic mass is 10.2. The smallest absolute Gasteiger partial charge is 0.192 e. The van der Waals surface area contributed by atoms with Crippen molar-refractivity contribution in [3.05, 3.63) is 52.4 Å². The molecular formula is C16H16ClN3S2. The lowest BCUT2D eigenvalue weighted by Gasteiger charge is -2.13. The maximum atomic E-state index is 6.04. The quantitative estimate of drug-likeness (QED) is 0.567. The fourth-order valence-corrected chi connectivity index (χ4v) is 4.12. The molecule has 2 aromatic heterocycles. The van der Waals surface area contributed by atoms with Crippen molar-refractivity contribution in [3.8, 4) is 10.7 Å². The normalized spacial score (nSPS) is 11.3. The highest BCUT2D eigenvalue weighted by Crippen LogP contribution is 2.31. The Morgan fingerprint density at radius 1 is 1.23 bits per heavy atom. The van der Waals surface area contributed by atoms with E-state index in [9.17, 15) is 0 Å². The van der Waals surface area contributed by atoms with Gasteiger partial charge in [-0.1, -0.05) is 41.6 Å². The zero-order chi connectivity index (χ0) is 15.5. The average Bonchev–Trinajstić information content (AvgIpc) is 3.14. The molecule has 0 bridgehead atoms. The largest absolute Gasteiger partial charge is 0.299 e. The molecule has 0 N–H and O–H groups in total. The van der Waals surface area contributed by atoms with Crippen LogP contribution in [-0.4, -0.2) is 14.8 Å². The van der Waals surface area contributed by atoms with Crippen molar-refractivity contribution in [2.45, 2.75) is 30.8 Å². The molecule has 2 heterocycles. The topological polar surface area (TPSA) is 30.7 Å². The molecule has 0 fully saturated rings. The molecule has 0 atom stereocenters. The highest BCUT2D eigenvalue weighted by atomic mass is 35.5. The van der Waals surface area contributed by atoms with Crippen LogP contribution in [0.1, 0.15) is 25.5 Å². The summed E-state index contributed by atoms with van der Waals surface area (Å²) in [6.45, 7) is 4.31. The molecular weight excluding hydrogens is 334 g/mol. The predicted octanol–water partition coefficient (Wildman–Crippen LogP) is 5.53. The summed E-state index contributed by atoms with van der Waals surface area (Å²) in [6, 6.07) is 12.4. The van der Waals surface area contributed by atoms with Crippen molar-refractivity contribution in [1.82, 2.24) is 14.8 Å². The van der Waals surface area contributed by atoms with Gasteiger partial charge in [0.15, 0.2) is 11.0 Å². The Labute approximate surface area is 143 Å². The molecule has 3 aromatic rings. The van der Waals surface area contributed by atoms with Crippen molar-refractivity contribution < 1.29 is 0 Å². The number of thiophene rings is 1. The molecule has 0 amide bonds. The molecule has 22 heavy (non-hydrogen) atoms. The fourth-order valence-electron chi connectivity index (χ4n) is 2.19. The van der Waals surface area contributed by atoms with Crippen LogP contribution in [0.3, 0.4) is 0 Å². The van der Waals surface area contributed by atoms with E-state index in [1.54, 1.807) is 23.1 Å². The minimum Gasteiger partial charge on any atom is -0.299 e. The molecule has 0 unspecified atom stereocenters. The molecule has 0 aliphatic carbocycles. The fraction of sp³-hybridized carbons (Fsp3) is 0.250. The van der Waals surface area contributed by atoms with Crippen LogP contribution in [0, 0.1) is 0 Å². The van der Waals surface area contributed by atoms with E-state index in [0.29, 0.717) is 6.04 Å². The van der Waals surface area contributed by atoms with Gasteiger partial charge in [-0.25, -0.2) is 0 Å². The Bertz CT molecular complexity index is 751. The predicted molar refractivity (Wildman–Crippen MR) is 94.7 cm³/mol. The van der Waals surface area contributed by atoms with Crippen LogP contribution in [-0.2, 0) is 5.75 Å². The number of thioether (sulfide) groups is 1. The molecule has 0 aliphatic rings. The summed E-state index contributed by atoms with van der Waals surface area (Å²) < 4.78 is 2.20. The van der Waals surface area contributed by atoms with Gasteiger partial charge in [-0.3, -0.25) is 4.57 Å². The molecule has 0 radical (unpaired) electrons. The van der Waals surface area contributed by atoms with E-state index in [-0.39, 0.29) is 0 Å². The van der Waals surface area contributed by atoms with Crippen molar-refractivity contribution >= 4 is 34.7 Å². The van der Waals surface area contributed by atoms with Gasteiger partial charge in [0.05, 0.1) is 4.88 Å². The SMILES string of the molecule is CC(C)n1c(SCc2cccc(Cl)c2)nnc1-c1cccs1. The number of nitrogens with zero attached hydrogens (tertiary/aromatic N) is 3. The first-order chi connectivity index (χ1) is 10.6. The summed E-state index contributed by atoms with van der Waals surface area (Å²) in [7, 11) is 0. The first-order valence-corrected chi connectivity index (χ1v) is 9.25. The Hall–Kier alpha value is -1.30. The number of benzene rings is 1. The summed E-state index contributed by atoms with van der Waals surface area (Å²) in [5, 5.41) is 12.5. The zero-order valence-electron chi connectivity index (χ0n) is 12.4. The van der Waals surface area contributed by atoms with Crippen LogP contribution in [0.4, 0.5) is 0 Å². The Morgan fingerprint density at radius 3 is 2.77 bits per heavy atom. The van der Waals surface area contributed by atoms with Gasteiger partial charge >= 0.3 is 0 Å². The van der Waals surface area contributed by atoms with Crippen LogP contribution in [0.15, 0.2) is 46.9 Å².